The zero-order valence-electron chi connectivity index (χ0n) is 12.0. The summed E-state index contributed by atoms with van der Waals surface area (Å²) >= 11 is 0. The number of nitrogens with two attached hydrogens (primary N) is 1. The Labute approximate surface area is 127 Å². The van der Waals surface area contributed by atoms with Gasteiger partial charge in [0.1, 0.15) is 22.5 Å². The molecule has 0 atom stereocenters. The monoisotopic (exact) mass is 297 g/mol. The van der Waals surface area contributed by atoms with Crippen molar-refractivity contribution in [1.29, 1.82) is 0 Å². The van der Waals surface area contributed by atoms with E-state index in [1.807, 2.05) is 30.3 Å². The van der Waals surface area contributed by atoms with Gasteiger partial charge in [-0.1, -0.05) is 36.4 Å². The molecule has 3 aromatic rings. The van der Waals surface area contributed by atoms with Crippen LogP contribution in [0.1, 0.15) is 12.2 Å². The Morgan fingerprint density at radius 3 is 2.55 bits per heavy atom. The minimum absolute atomic E-state index is 0.00199. The van der Waals surface area contributed by atoms with Gasteiger partial charge < -0.3 is 10.2 Å². The molecule has 0 bridgehead atoms. The first-order valence-electron chi connectivity index (χ1n) is 7.22. The fourth-order valence-corrected chi connectivity index (χ4v) is 2.58. The normalized spacial score (nSPS) is 11.0. The molecule has 1 aromatic heterocycles. The van der Waals surface area contributed by atoms with E-state index in [1.165, 1.54) is 12.1 Å². The molecule has 2 N–H and O–H groups in total. The minimum Gasteiger partial charge on any atom is -0.460 e. The van der Waals surface area contributed by atoms with E-state index >= 15 is 0 Å². The summed E-state index contributed by atoms with van der Waals surface area (Å²) in [5.74, 6) is -0.00597. The van der Waals surface area contributed by atoms with Gasteiger partial charge in [0.25, 0.3) is 0 Å². The van der Waals surface area contributed by atoms with Crippen molar-refractivity contribution >= 4 is 11.0 Å². The summed E-state index contributed by atoms with van der Waals surface area (Å²) in [6.45, 7) is 0.499. The maximum Gasteiger partial charge on any atom is 0.203 e. The number of hydrogen-bond donors (Lipinski definition) is 1. The van der Waals surface area contributed by atoms with Gasteiger partial charge in [0.05, 0.1) is 5.56 Å². The first kappa shape index (κ1) is 14.5. The average Bonchev–Trinajstić information content (AvgIpc) is 2.53. The van der Waals surface area contributed by atoms with Gasteiger partial charge in [0.15, 0.2) is 0 Å². The van der Waals surface area contributed by atoms with Gasteiger partial charge in [-0.3, -0.25) is 4.79 Å². The summed E-state index contributed by atoms with van der Waals surface area (Å²) in [7, 11) is 0. The van der Waals surface area contributed by atoms with Crippen molar-refractivity contribution in [3.63, 3.8) is 0 Å². The fraction of sp³-hybridized carbons (Fsp3) is 0.167. The summed E-state index contributed by atoms with van der Waals surface area (Å²) in [6, 6.07) is 13.6. The lowest BCUT2D eigenvalue weighted by atomic mass is 10.00. The molecule has 2 aromatic carbocycles. The van der Waals surface area contributed by atoms with Crippen molar-refractivity contribution in [1.82, 2.24) is 0 Å². The van der Waals surface area contributed by atoms with E-state index < -0.39 is 5.82 Å². The Bertz CT molecular complexity index is 856. The van der Waals surface area contributed by atoms with Crippen molar-refractivity contribution in [2.75, 3.05) is 6.54 Å². The molecule has 0 fully saturated rings. The van der Waals surface area contributed by atoms with E-state index in [4.69, 9.17) is 10.2 Å². The van der Waals surface area contributed by atoms with Crippen LogP contribution in [0.4, 0.5) is 4.39 Å². The lowest BCUT2D eigenvalue weighted by Gasteiger charge is -2.10. The van der Waals surface area contributed by atoms with Crippen LogP contribution in [0.25, 0.3) is 22.1 Å². The lowest BCUT2D eigenvalue weighted by molar-refractivity contribution is 0.527. The molecular formula is C18H16FNO2. The smallest absolute Gasteiger partial charge is 0.203 e. The second-order valence-corrected chi connectivity index (χ2v) is 5.10. The molecule has 0 aliphatic carbocycles. The molecule has 112 valence electrons. The molecular weight excluding hydrogens is 281 g/mol. The molecule has 0 spiro atoms. The third-order valence-electron chi connectivity index (χ3n) is 3.61. The molecule has 0 aliphatic rings. The van der Waals surface area contributed by atoms with Crippen LogP contribution in [0.5, 0.6) is 0 Å². The average molecular weight is 297 g/mol. The highest BCUT2D eigenvalue weighted by Gasteiger charge is 2.17. The van der Waals surface area contributed by atoms with Crippen LogP contribution in [0.15, 0.2) is 57.7 Å². The lowest BCUT2D eigenvalue weighted by Crippen LogP contribution is -2.12. The van der Waals surface area contributed by atoms with Crippen LogP contribution < -0.4 is 11.2 Å². The molecule has 0 amide bonds. The Balaban J connectivity index is 2.34. The number of hydrogen-bond acceptors (Lipinski definition) is 3. The van der Waals surface area contributed by atoms with Crippen LogP contribution in [0, 0.1) is 5.82 Å². The molecule has 0 unspecified atom stereocenters. The standard InChI is InChI=1S/C18H16FNO2/c19-13-8-4-9-15-17(13)18(21)16(12-6-2-1-3-7-12)14(22-15)10-5-11-20/h1-4,6-9H,5,10-11,20H2. The number of halogens is 1. The predicted molar refractivity (Wildman–Crippen MR) is 85.3 cm³/mol. The van der Waals surface area contributed by atoms with Gasteiger partial charge in [-0.05, 0) is 30.7 Å². The molecule has 3 nitrogen and oxygen atoms in total. The van der Waals surface area contributed by atoms with Crippen LogP contribution >= 0.6 is 0 Å². The molecule has 22 heavy (non-hydrogen) atoms. The molecule has 0 aliphatic heterocycles. The number of rotatable bonds is 4. The summed E-state index contributed by atoms with van der Waals surface area (Å²) in [4.78, 5) is 12.8. The molecule has 0 saturated heterocycles. The molecule has 0 radical (unpaired) electrons. The third-order valence-corrected chi connectivity index (χ3v) is 3.61. The van der Waals surface area contributed by atoms with E-state index in [9.17, 15) is 9.18 Å². The Kier molecular flexibility index (Phi) is 4.02. The molecule has 0 saturated carbocycles. The Morgan fingerprint density at radius 1 is 1.05 bits per heavy atom. The van der Waals surface area contributed by atoms with Crippen molar-refractivity contribution < 1.29 is 8.81 Å². The van der Waals surface area contributed by atoms with Crippen LogP contribution in [0.3, 0.4) is 0 Å². The van der Waals surface area contributed by atoms with Crippen molar-refractivity contribution in [2.45, 2.75) is 12.8 Å². The van der Waals surface area contributed by atoms with E-state index in [1.54, 1.807) is 6.07 Å². The van der Waals surface area contributed by atoms with E-state index in [0.29, 0.717) is 30.7 Å². The SMILES string of the molecule is NCCCc1oc2cccc(F)c2c(=O)c1-c1ccccc1. The van der Waals surface area contributed by atoms with Crippen LogP contribution in [0.2, 0.25) is 0 Å². The van der Waals surface area contributed by atoms with Gasteiger partial charge in [-0.2, -0.15) is 0 Å². The van der Waals surface area contributed by atoms with Gasteiger partial charge in [-0.15, -0.1) is 0 Å². The quantitative estimate of drug-likeness (QED) is 0.802. The predicted octanol–water partition coefficient (Wildman–Crippen LogP) is 3.49. The maximum atomic E-state index is 14.0. The summed E-state index contributed by atoms with van der Waals surface area (Å²) in [5.41, 5.74) is 6.65. The van der Waals surface area contributed by atoms with Crippen LogP contribution in [-0.2, 0) is 6.42 Å². The highest BCUT2D eigenvalue weighted by Crippen LogP contribution is 2.26. The van der Waals surface area contributed by atoms with Gasteiger partial charge in [0, 0.05) is 6.42 Å². The molecule has 1 heterocycles. The molecule has 4 heteroatoms. The second-order valence-electron chi connectivity index (χ2n) is 5.10. The van der Waals surface area contributed by atoms with E-state index in [2.05, 4.69) is 0 Å². The summed E-state index contributed by atoms with van der Waals surface area (Å²) in [5, 5.41) is -0.00199. The van der Waals surface area contributed by atoms with E-state index in [0.717, 1.165) is 5.56 Å². The van der Waals surface area contributed by atoms with Gasteiger partial charge in [0.2, 0.25) is 5.43 Å². The highest BCUT2D eigenvalue weighted by atomic mass is 19.1. The first-order valence-corrected chi connectivity index (χ1v) is 7.22. The topological polar surface area (TPSA) is 56.2 Å². The highest BCUT2D eigenvalue weighted by molar-refractivity contribution is 5.83. The van der Waals surface area contributed by atoms with Gasteiger partial charge >= 0.3 is 0 Å². The minimum atomic E-state index is -0.561. The van der Waals surface area contributed by atoms with Gasteiger partial charge in [-0.25, -0.2) is 4.39 Å². The Hall–Kier alpha value is -2.46. The number of fused-ring (bicyclic) bond motifs is 1. The van der Waals surface area contributed by atoms with Crippen molar-refractivity contribution in [2.24, 2.45) is 5.73 Å². The first-order chi connectivity index (χ1) is 10.7. The zero-order chi connectivity index (χ0) is 15.5. The zero-order valence-corrected chi connectivity index (χ0v) is 12.0. The number of benzene rings is 2. The van der Waals surface area contributed by atoms with Crippen molar-refractivity contribution in [3.05, 3.63) is 70.3 Å². The number of aryl methyl sites for hydroxylation is 1. The Morgan fingerprint density at radius 2 is 1.82 bits per heavy atom. The van der Waals surface area contributed by atoms with E-state index in [-0.39, 0.29) is 16.4 Å². The molecule has 3 rings (SSSR count). The van der Waals surface area contributed by atoms with Crippen molar-refractivity contribution in [3.8, 4) is 11.1 Å². The second kappa shape index (κ2) is 6.12. The summed E-state index contributed by atoms with van der Waals surface area (Å²) < 4.78 is 19.9. The summed E-state index contributed by atoms with van der Waals surface area (Å²) in [6.07, 6.45) is 1.24. The van der Waals surface area contributed by atoms with Crippen LogP contribution in [-0.4, -0.2) is 6.54 Å². The fourth-order valence-electron chi connectivity index (χ4n) is 2.58. The largest absolute Gasteiger partial charge is 0.460 e. The third kappa shape index (κ3) is 2.53. The maximum absolute atomic E-state index is 14.0.